The molecule has 0 radical (unpaired) electrons. The van der Waals surface area contributed by atoms with Crippen LogP contribution in [0.4, 0.5) is 5.69 Å². The number of nitro groups is 1. The highest BCUT2D eigenvalue weighted by Gasteiger charge is 2.18. The molecular formula is C13H9N5O3. The number of benzene rings is 1. The summed E-state index contributed by atoms with van der Waals surface area (Å²) < 4.78 is 1.36. The van der Waals surface area contributed by atoms with E-state index in [1.165, 1.54) is 22.8 Å². The quantitative estimate of drug-likeness (QED) is 0.576. The number of aromatic nitrogens is 3. The molecule has 0 aliphatic heterocycles. The summed E-state index contributed by atoms with van der Waals surface area (Å²) in [5.74, 6) is -0.686. The molecule has 0 atom stereocenters. The maximum Gasteiger partial charge on any atom is 0.278 e. The monoisotopic (exact) mass is 283 g/mol. The Morgan fingerprint density at radius 1 is 1.29 bits per heavy atom. The Balaban J connectivity index is 2.31. The van der Waals surface area contributed by atoms with Gasteiger partial charge in [-0.2, -0.15) is 5.10 Å². The van der Waals surface area contributed by atoms with Crippen LogP contribution in [0, 0.1) is 10.1 Å². The van der Waals surface area contributed by atoms with Crippen LogP contribution in [0.15, 0.2) is 42.6 Å². The van der Waals surface area contributed by atoms with Crippen LogP contribution < -0.4 is 5.73 Å². The number of hydrogen-bond acceptors (Lipinski definition) is 5. The third-order valence-electron chi connectivity index (χ3n) is 2.99. The molecule has 2 heterocycles. The number of carbonyl (C=O) groups is 1. The molecule has 0 aliphatic carbocycles. The van der Waals surface area contributed by atoms with E-state index in [1.807, 2.05) is 0 Å². The lowest BCUT2D eigenvalue weighted by Crippen LogP contribution is -2.11. The van der Waals surface area contributed by atoms with E-state index in [4.69, 9.17) is 5.73 Å². The average Bonchev–Trinajstić information content (AvgIpc) is 2.91. The normalized spacial score (nSPS) is 10.7. The van der Waals surface area contributed by atoms with Crippen molar-refractivity contribution in [2.45, 2.75) is 0 Å². The SMILES string of the molecule is NC(=O)c1cc2nccc(-c3ccccc3[N+](=O)[O-])n2n1. The number of para-hydroxylation sites is 1. The molecule has 0 unspecified atom stereocenters. The highest BCUT2D eigenvalue weighted by atomic mass is 16.6. The van der Waals surface area contributed by atoms with Crippen LogP contribution in [0.5, 0.6) is 0 Å². The number of nitrogens with two attached hydrogens (primary N) is 1. The fourth-order valence-electron chi connectivity index (χ4n) is 2.07. The second-order valence-corrected chi connectivity index (χ2v) is 4.27. The van der Waals surface area contributed by atoms with E-state index in [0.717, 1.165) is 0 Å². The van der Waals surface area contributed by atoms with Crippen LogP contribution in [-0.4, -0.2) is 25.4 Å². The van der Waals surface area contributed by atoms with Gasteiger partial charge in [-0.25, -0.2) is 9.50 Å². The van der Waals surface area contributed by atoms with Crippen molar-refractivity contribution in [1.82, 2.24) is 14.6 Å². The molecule has 8 heteroatoms. The summed E-state index contributed by atoms with van der Waals surface area (Å²) in [5, 5.41) is 15.2. The van der Waals surface area contributed by atoms with Crippen molar-refractivity contribution in [3.05, 3.63) is 58.4 Å². The zero-order valence-corrected chi connectivity index (χ0v) is 10.6. The standard InChI is InChI=1S/C13H9N5O3/c14-13(19)9-7-12-15-6-5-10(17(12)16-9)8-3-1-2-4-11(8)18(20)21/h1-7H,(H2,14,19). The molecule has 1 amide bonds. The van der Waals surface area contributed by atoms with Crippen molar-refractivity contribution >= 4 is 17.2 Å². The molecule has 21 heavy (non-hydrogen) atoms. The second kappa shape index (κ2) is 4.67. The number of primary amides is 1. The van der Waals surface area contributed by atoms with Crippen molar-refractivity contribution in [3.63, 3.8) is 0 Å². The van der Waals surface area contributed by atoms with Gasteiger partial charge in [0.25, 0.3) is 11.6 Å². The van der Waals surface area contributed by atoms with E-state index in [2.05, 4.69) is 10.1 Å². The van der Waals surface area contributed by atoms with Crippen LogP contribution in [-0.2, 0) is 0 Å². The molecule has 104 valence electrons. The van der Waals surface area contributed by atoms with Gasteiger partial charge in [0, 0.05) is 18.3 Å². The number of carbonyl (C=O) groups excluding carboxylic acids is 1. The van der Waals surface area contributed by atoms with Crippen LogP contribution in [0.3, 0.4) is 0 Å². The second-order valence-electron chi connectivity index (χ2n) is 4.27. The summed E-state index contributed by atoms with van der Waals surface area (Å²) in [4.78, 5) is 25.9. The predicted octanol–water partition coefficient (Wildman–Crippen LogP) is 1.40. The Kier molecular flexibility index (Phi) is 2.83. The largest absolute Gasteiger partial charge is 0.364 e. The minimum atomic E-state index is -0.686. The topological polar surface area (TPSA) is 116 Å². The number of fused-ring (bicyclic) bond motifs is 1. The highest BCUT2D eigenvalue weighted by Crippen LogP contribution is 2.29. The molecule has 1 aromatic carbocycles. The van der Waals surface area contributed by atoms with Gasteiger partial charge >= 0.3 is 0 Å². The van der Waals surface area contributed by atoms with Crippen molar-refractivity contribution < 1.29 is 9.72 Å². The lowest BCUT2D eigenvalue weighted by molar-refractivity contribution is -0.384. The first-order chi connectivity index (χ1) is 10.1. The maximum absolute atomic E-state index is 11.2. The van der Waals surface area contributed by atoms with Crippen LogP contribution in [0.2, 0.25) is 0 Å². The van der Waals surface area contributed by atoms with E-state index in [-0.39, 0.29) is 11.4 Å². The van der Waals surface area contributed by atoms with Gasteiger partial charge < -0.3 is 5.73 Å². The van der Waals surface area contributed by atoms with Gasteiger partial charge in [-0.3, -0.25) is 14.9 Å². The number of nitro benzene ring substituents is 1. The zero-order chi connectivity index (χ0) is 15.0. The maximum atomic E-state index is 11.2. The van der Waals surface area contributed by atoms with E-state index >= 15 is 0 Å². The molecule has 0 bridgehead atoms. The lowest BCUT2D eigenvalue weighted by atomic mass is 10.1. The molecular weight excluding hydrogens is 274 g/mol. The summed E-state index contributed by atoms with van der Waals surface area (Å²) in [7, 11) is 0. The number of rotatable bonds is 3. The van der Waals surface area contributed by atoms with Gasteiger partial charge in [-0.15, -0.1) is 0 Å². The molecule has 2 N–H and O–H groups in total. The molecule has 0 saturated carbocycles. The van der Waals surface area contributed by atoms with Crippen molar-refractivity contribution in [2.75, 3.05) is 0 Å². The first-order valence-corrected chi connectivity index (χ1v) is 5.96. The fourth-order valence-corrected chi connectivity index (χ4v) is 2.07. The van der Waals surface area contributed by atoms with Crippen molar-refractivity contribution in [3.8, 4) is 11.3 Å². The summed E-state index contributed by atoms with van der Waals surface area (Å²) >= 11 is 0. The molecule has 3 aromatic rings. The molecule has 0 aliphatic rings. The van der Waals surface area contributed by atoms with E-state index in [0.29, 0.717) is 16.9 Å². The minimum Gasteiger partial charge on any atom is -0.364 e. The van der Waals surface area contributed by atoms with Gasteiger partial charge in [-0.1, -0.05) is 12.1 Å². The summed E-state index contributed by atoms with van der Waals surface area (Å²) in [5.41, 5.74) is 6.42. The zero-order valence-electron chi connectivity index (χ0n) is 10.6. The summed E-state index contributed by atoms with van der Waals surface area (Å²) in [6, 6.07) is 9.30. The van der Waals surface area contributed by atoms with Crippen molar-refractivity contribution in [2.24, 2.45) is 5.73 Å². The average molecular weight is 283 g/mol. The van der Waals surface area contributed by atoms with Crippen molar-refractivity contribution in [1.29, 1.82) is 0 Å². The summed E-state index contributed by atoms with van der Waals surface area (Å²) in [6.45, 7) is 0. The molecule has 0 saturated heterocycles. The number of amides is 1. The number of hydrogen-bond donors (Lipinski definition) is 1. The third-order valence-corrected chi connectivity index (χ3v) is 2.99. The van der Waals surface area contributed by atoms with Crippen LogP contribution >= 0.6 is 0 Å². The first kappa shape index (κ1) is 12.7. The van der Waals surface area contributed by atoms with Gasteiger partial charge in [0.1, 0.15) is 0 Å². The summed E-state index contributed by atoms with van der Waals surface area (Å²) in [6.07, 6.45) is 1.49. The van der Waals surface area contributed by atoms with Gasteiger partial charge in [0.15, 0.2) is 11.3 Å². The van der Waals surface area contributed by atoms with Gasteiger partial charge in [0.05, 0.1) is 16.2 Å². The Labute approximate surface area is 118 Å². The third kappa shape index (κ3) is 2.08. The van der Waals surface area contributed by atoms with Crippen LogP contribution in [0.1, 0.15) is 10.5 Å². The highest BCUT2D eigenvalue weighted by molar-refractivity contribution is 5.92. The van der Waals surface area contributed by atoms with Gasteiger partial charge in [0.2, 0.25) is 0 Å². The molecule has 2 aromatic heterocycles. The Hall–Kier alpha value is -3.29. The minimum absolute atomic E-state index is 0.0496. The van der Waals surface area contributed by atoms with E-state index in [9.17, 15) is 14.9 Å². The Morgan fingerprint density at radius 3 is 2.76 bits per heavy atom. The lowest BCUT2D eigenvalue weighted by Gasteiger charge is -2.05. The smallest absolute Gasteiger partial charge is 0.278 e. The molecule has 0 fully saturated rings. The predicted molar refractivity (Wildman–Crippen MR) is 73.6 cm³/mol. The van der Waals surface area contributed by atoms with Crippen LogP contribution in [0.25, 0.3) is 16.9 Å². The molecule has 8 nitrogen and oxygen atoms in total. The Bertz CT molecular complexity index is 871. The molecule has 0 spiro atoms. The van der Waals surface area contributed by atoms with Gasteiger partial charge in [-0.05, 0) is 12.1 Å². The number of nitrogens with zero attached hydrogens (tertiary/aromatic N) is 4. The first-order valence-electron chi connectivity index (χ1n) is 5.96. The van der Waals surface area contributed by atoms with E-state index in [1.54, 1.807) is 24.3 Å². The van der Waals surface area contributed by atoms with E-state index < -0.39 is 10.8 Å². The fraction of sp³-hybridized carbons (Fsp3) is 0. The Morgan fingerprint density at radius 2 is 2.05 bits per heavy atom. The molecule has 3 rings (SSSR count).